The van der Waals surface area contributed by atoms with Gasteiger partial charge in [0.05, 0.1) is 16.6 Å². The summed E-state index contributed by atoms with van der Waals surface area (Å²) >= 11 is 0. The minimum atomic E-state index is -0.253. The van der Waals surface area contributed by atoms with Crippen molar-refractivity contribution in [2.45, 2.75) is 19.4 Å². The van der Waals surface area contributed by atoms with Gasteiger partial charge in [-0.05, 0) is 43.0 Å². The third-order valence-electron chi connectivity index (χ3n) is 6.76. The Kier molecular flexibility index (Phi) is 5.79. The van der Waals surface area contributed by atoms with Crippen LogP contribution in [0.2, 0.25) is 0 Å². The highest BCUT2D eigenvalue weighted by Gasteiger charge is 2.21. The predicted molar refractivity (Wildman–Crippen MR) is 139 cm³/mol. The van der Waals surface area contributed by atoms with E-state index in [1.54, 1.807) is 6.07 Å². The third kappa shape index (κ3) is 4.16. The molecule has 1 aliphatic rings. The SMILES string of the molecule is O=C(Nc1ccc(-c2n[nH]c(=O)c3ccccc23)cc1)c1nn(CC2CCOCC2)c2ccccc12. The summed E-state index contributed by atoms with van der Waals surface area (Å²) in [5, 5.41) is 16.7. The van der Waals surface area contributed by atoms with Gasteiger partial charge < -0.3 is 10.1 Å². The Morgan fingerprint density at radius 2 is 1.64 bits per heavy atom. The van der Waals surface area contributed by atoms with Gasteiger partial charge >= 0.3 is 0 Å². The first-order valence-corrected chi connectivity index (χ1v) is 12.1. The van der Waals surface area contributed by atoms with Crippen molar-refractivity contribution >= 4 is 33.3 Å². The van der Waals surface area contributed by atoms with Crippen LogP contribution in [-0.4, -0.2) is 39.1 Å². The van der Waals surface area contributed by atoms with Crippen LogP contribution in [0.1, 0.15) is 23.3 Å². The summed E-state index contributed by atoms with van der Waals surface area (Å²) in [7, 11) is 0. The largest absolute Gasteiger partial charge is 0.381 e. The Balaban J connectivity index is 1.26. The molecule has 0 spiro atoms. The number of rotatable bonds is 5. The molecule has 0 aliphatic carbocycles. The molecule has 36 heavy (non-hydrogen) atoms. The monoisotopic (exact) mass is 479 g/mol. The average Bonchev–Trinajstić information content (AvgIpc) is 3.29. The lowest BCUT2D eigenvalue weighted by molar-refractivity contribution is 0.0605. The number of hydrogen-bond donors (Lipinski definition) is 2. The number of carbonyl (C=O) groups is 1. The molecule has 1 amide bonds. The molecule has 6 rings (SSSR count). The molecule has 8 nitrogen and oxygen atoms in total. The summed E-state index contributed by atoms with van der Waals surface area (Å²) < 4.78 is 7.44. The molecule has 3 heterocycles. The number of carbonyl (C=O) groups excluding carboxylic acids is 1. The number of H-pyrrole nitrogens is 1. The van der Waals surface area contributed by atoms with Crippen molar-refractivity contribution in [2.24, 2.45) is 5.92 Å². The Bertz CT molecular complexity index is 1610. The van der Waals surface area contributed by atoms with Gasteiger partial charge in [0, 0.05) is 41.8 Å². The molecule has 0 saturated carbocycles. The van der Waals surface area contributed by atoms with Gasteiger partial charge in [0.15, 0.2) is 5.69 Å². The number of nitrogens with one attached hydrogen (secondary N) is 2. The average molecular weight is 480 g/mol. The maximum Gasteiger partial charge on any atom is 0.276 e. The molecule has 180 valence electrons. The van der Waals surface area contributed by atoms with Gasteiger partial charge in [-0.3, -0.25) is 14.3 Å². The first-order chi connectivity index (χ1) is 17.7. The zero-order valence-corrected chi connectivity index (χ0v) is 19.6. The normalized spacial score (nSPS) is 14.3. The number of anilines is 1. The molecule has 8 heteroatoms. The van der Waals surface area contributed by atoms with Crippen LogP contribution in [-0.2, 0) is 11.3 Å². The van der Waals surface area contributed by atoms with Gasteiger partial charge in [-0.1, -0.05) is 48.5 Å². The molecule has 0 atom stereocenters. The Hall–Kier alpha value is -4.30. The van der Waals surface area contributed by atoms with E-state index in [1.807, 2.05) is 71.4 Å². The molecular formula is C28H25N5O3. The summed E-state index contributed by atoms with van der Waals surface area (Å²) in [5.74, 6) is 0.237. The fraction of sp³-hybridized carbons (Fsp3) is 0.214. The van der Waals surface area contributed by atoms with Crippen LogP contribution in [0.5, 0.6) is 0 Å². The number of hydrogen-bond acceptors (Lipinski definition) is 5. The molecule has 0 radical (unpaired) electrons. The second-order valence-corrected chi connectivity index (χ2v) is 9.08. The van der Waals surface area contributed by atoms with E-state index in [9.17, 15) is 9.59 Å². The number of amides is 1. The van der Waals surface area contributed by atoms with Crippen LogP contribution < -0.4 is 10.9 Å². The minimum absolute atomic E-state index is 0.221. The molecule has 2 N–H and O–H groups in total. The fourth-order valence-electron chi connectivity index (χ4n) is 4.84. The molecule has 0 bridgehead atoms. The van der Waals surface area contributed by atoms with Crippen LogP contribution in [0.3, 0.4) is 0 Å². The summed E-state index contributed by atoms with van der Waals surface area (Å²) in [6.07, 6.45) is 2.00. The molecule has 1 saturated heterocycles. The number of benzene rings is 3. The zero-order chi connectivity index (χ0) is 24.5. The van der Waals surface area contributed by atoms with Crippen LogP contribution >= 0.6 is 0 Å². The van der Waals surface area contributed by atoms with Crippen LogP contribution in [0, 0.1) is 5.92 Å². The smallest absolute Gasteiger partial charge is 0.276 e. The highest BCUT2D eigenvalue weighted by atomic mass is 16.5. The van der Waals surface area contributed by atoms with E-state index in [4.69, 9.17) is 9.84 Å². The number of nitrogens with zero attached hydrogens (tertiary/aromatic N) is 3. The van der Waals surface area contributed by atoms with Gasteiger partial charge in [0.25, 0.3) is 11.5 Å². The summed E-state index contributed by atoms with van der Waals surface area (Å²) in [6.45, 7) is 2.32. The standard InChI is InChI=1S/C28H25N5O3/c34-27-22-6-2-1-5-21(22)25(30-31-27)19-9-11-20(12-10-19)29-28(35)26-23-7-3-4-8-24(23)33(32-26)17-18-13-15-36-16-14-18/h1-12,18H,13-17H2,(H,29,35)(H,31,34). The second-order valence-electron chi connectivity index (χ2n) is 9.08. The second kappa shape index (κ2) is 9.39. The van der Waals surface area contributed by atoms with E-state index in [0.29, 0.717) is 28.4 Å². The highest BCUT2D eigenvalue weighted by molar-refractivity contribution is 6.11. The summed E-state index contributed by atoms with van der Waals surface area (Å²) in [6, 6.07) is 22.6. The Labute approximate surface area is 206 Å². The van der Waals surface area contributed by atoms with Gasteiger partial charge in [-0.15, -0.1) is 0 Å². The van der Waals surface area contributed by atoms with Crippen LogP contribution in [0.25, 0.3) is 32.9 Å². The summed E-state index contributed by atoms with van der Waals surface area (Å²) in [4.78, 5) is 25.3. The molecule has 2 aromatic heterocycles. The van der Waals surface area contributed by atoms with Crippen molar-refractivity contribution < 1.29 is 9.53 Å². The number of para-hydroxylation sites is 1. The van der Waals surface area contributed by atoms with Crippen molar-refractivity contribution in [3.05, 3.63) is 88.8 Å². The van der Waals surface area contributed by atoms with E-state index < -0.39 is 0 Å². The molecule has 3 aromatic carbocycles. The van der Waals surface area contributed by atoms with E-state index in [0.717, 1.165) is 54.5 Å². The number of aromatic amines is 1. The first-order valence-electron chi connectivity index (χ1n) is 12.1. The van der Waals surface area contributed by atoms with Crippen molar-refractivity contribution in [2.75, 3.05) is 18.5 Å². The van der Waals surface area contributed by atoms with Gasteiger partial charge in [-0.25, -0.2) is 5.10 Å². The minimum Gasteiger partial charge on any atom is -0.381 e. The fourth-order valence-corrected chi connectivity index (χ4v) is 4.84. The molecule has 5 aromatic rings. The van der Waals surface area contributed by atoms with Crippen LogP contribution in [0.15, 0.2) is 77.6 Å². The van der Waals surface area contributed by atoms with E-state index in [2.05, 4.69) is 15.5 Å². The van der Waals surface area contributed by atoms with E-state index in [-0.39, 0.29) is 11.5 Å². The molecule has 1 aliphatic heterocycles. The Morgan fingerprint density at radius 1 is 0.944 bits per heavy atom. The zero-order valence-electron chi connectivity index (χ0n) is 19.6. The van der Waals surface area contributed by atoms with Gasteiger partial charge in [0.2, 0.25) is 0 Å². The third-order valence-corrected chi connectivity index (χ3v) is 6.76. The van der Waals surface area contributed by atoms with E-state index in [1.165, 1.54) is 0 Å². The lowest BCUT2D eigenvalue weighted by Crippen LogP contribution is -2.21. The topological polar surface area (TPSA) is 102 Å². The lowest BCUT2D eigenvalue weighted by atomic mass is 10.0. The van der Waals surface area contributed by atoms with Gasteiger partial charge in [-0.2, -0.15) is 10.2 Å². The molecule has 1 fully saturated rings. The quantitative estimate of drug-likeness (QED) is 0.383. The van der Waals surface area contributed by atoms with Crippen molar-refractivity contribution in [3.8, 4) is 11.3 Å². The lowest BCUT2D eigenvalue weighted by Gasteiger charge is -2.22. The molecule has 0 unspecified atom stereocenters. The van der Waals surface area contributed by atoms with Crippen molar-refractivity contribution in [1.82, 2.24) is 20.0 Å². The first kappa shape index (κ1) is 22.2. The highest BCUT2D eigenvalue weighted by Crippen LogP contribution is 2.27. The maximum atomic E-state index is 13.2. The van der Waals surface area contributed by atoms with E-state index >= 15 is 0 Å². The van der Waals surface area contributed by atoms with Crippen LogP contribution in [0.4, 0.5) is 5.69 Å². The summed E-state index contributed by atoms with van der Waals surface area (Å²) in [5.41, 5.74) is 3.32. The van der Waals surface area contributed by atoms with Crippen molar-refractivity contribution in [1.29, 1.82) is 0 Å². The predicted octanol–water partition coefficient (Wildman–Crippen LogP) is 4.62. The molecular weight excluding hydrogens is 454 g/mol. The maximum absolute atomic E-state index is 13.2. The number of ether oxygens (including phenoxy) is 1. The number of fused-ring (bicyclic) bond motifs is 2. The van der Waals surface area contributed by atoms with Crippen molar-refractivity contribution in [3.63, 3.8) is 0 Å². The Morgan fingerprint density at radius 3 is 2.42 bits per heavy atom. The number of aromatic nitrogens is 4. The van der Waals surface area contributed by atoms with Gasteiger partial charge in [0.1, 0.15) is 0 Å².